The van der Waals surface area contributed by atoms with Gasteiger partial charge < -0.3 is 4.74 Å². The fraction of sp³-hybridized carbons (Fsp3) is 0.364. The van der Waals surface area contributed by atoms with Crippen molar-refractivity contribution in [2.45, 2.75) is 26.2 Å². The minimum absolute atomic E-state index is 0.101. The molecule has 0 aliphatic heterocycles. The van der Waals surface area contributed by atoms with Crippen LogP contribution in [-0.4, -0.2) is 5.43 Å². The molecule has 0 saturated carbocycles. The lowest BCUT2D eigenvalue weighted by atomic mass is 9.87. The van der Waals surface area contributed by atoms with Crippen molar-refractivity contribution in [3.8, 4) is 5.75 Å². The normalized spacial score (nSPS) is 11.1. The molecule has 76 valence electrons. The van der Waals surface area contributed by atoms with Crippen molar-refractivity contribution in [2.75, 3.05) is 0 Å². The zero-order chi connectivity index (χ0) is 10.8. The fourth-order valence-electron chi connectivity index (χ4n) is 1.12. The number of halogens is 1. The van der Waals surface area contributed by atoms with Gasteiger partial charge >= 0.3 is 5.43 Å². The Kier molecular flexibility index (Phi) is 3.17. The van der Waals surface area contributed by atoms with Gasteiger partial charge in [0.15, 0.2) is 0 Å². The van der Waals surface area contributed by atoms with E-state index >= 15 is 0 Å². The molecule has 0 amide bonds. The summed E-state index contributed by atoms with van der Waals surface area (Å²) in [6.07, 6.45) is 0. The van der Waals surface area contributed by atoms with E-state index in [0.717, 1.165) is 0 Å². The second-order valence-electron chi connectivity index (χ2n) is 4.11. The maximum atomic E-state index is 10.4. The van der Waals surface area contributed by atoms with Gasteiger partial charge in [0.05, 0.1) is 0 Å². The van der Waals surface area contributed by atoms with E-state index in [1.165, 1.54) is 5.56 Å². The average Bonchev–Trinajstić information content (AvgIpc) is 2.02. The first kappa shape index (κ1) is 11.1. The highest BCUT2D eigenvalue weighted by Crippen LogP contribution is 2.24. The van der Waals surface area contributed by atoms with E-state index in [1.807, 2.05) is 12.1 Å². The summed E-state index contributed by atoms with van der Waals surface area (Å²) in [6, 6.07) is 7.33. The summed E-state index contributed by atoms with van der Waals surface area (Å²) in [4.78, 5) is 10.4. The van der Waals surface area contributed by atoms with Crippen molar-refractivity contribution in [2.24, 2.45) is 0 Å². The lowest BCUT2D eigenvalue weighted by Gasteiger charge is -2.18. The zero-order valence-corrected chi connectivity index (χ0v) is 9.26. The van der Waals surface area contributed by atoms with Crippen LogP contribution in [0.5, 0.6) is 5.75 Å². The molecule has 1 rings (SSSR count). The molecule has 14 heavy (non-hydrogen) atoms. The number of ether oxygens (including phenoxy) is 1. The van der Waals surface area contributed by atoms with Crippen LogP contribution >= 0.6 is 11.6 Å². The highest BCUT2D eigenvalue weighted by Gasteiger charge is 2.13. The first-order valence-electron chi connectivity index (χ1n) is 4.37. The Morgan fingerprint density at radius 2 is 1.71 bits per heavy atom. The maximum absolute atomic E-state index is 10.4. The lowest BCUT2D eigenvalue weighted by molar-refractivity contribution is 0.225. The van der Waals surface area contributed by atoms with Crippen LogP contribution in [0.1, 0.15) is 26.3 Å². The second-order valence-corrected chi connectivity index (χ2v) is 4.42. The van der Waals surface area contributed by atoms with Crippen molar-refractivity contribution < 1.29 is 9.53 Å². The summed E-state index contributed by atoms with van der Waals surface area (Å²) in [7, 11) is 0. The summed E-state index contributed by atoms with van der Waals surface area (Å²) in [5.74, 6) is 0.470. The first-order chi connectivity index (χ1) is 6.39. The first-order valence-corrected chi connectivity index (χ1v) is 4.75. The molecule has 1 aromatic rings. The Labute approximate surface area is 88.8 Å². The van der Waals surface area contributed by atoms with Crippen LogP contribution in [0.3, 0.4) is 0 Å². The van der Waals surface area contributed by atoms with E-state index in [0.29, 0.717) is 5.75 Å². The van der Waals surface area contributed by atoms with Gasteiger partial charge in [-0.25, -0.2) is 4.79 Å². The molecule has 0 aliphatic rings. The SMILES string of the molecule is CC(C)(C)c1ccc(OC(=O)Cl)cc1. The monoisotopic (exact) mass is 212 g/mol. The number of rotatable bonds is 1. The predicted molar refractivity (Wildman–Crippen MR) is 57.0 cm³/mol. The summed E-state index contributed by atoms with van der Waals surface area (Å²) in [5.41, 5.74) is 0.476. The third-order valence-corrected chi connectivity index (χ3v) is 2.00. The Morgan fingerprint density at radius 1 is 1.21 bits per heavy atom. The number of carbonyl (C=O) groups is 1. The Hall–Kier alpha value is -1.02. The summed E-state index contributed by atoms with van der Waals surface area (Å²) >= 11 is 5.08. The molecule has 0 radical (unpaired) electrons. The predicted octanol–water partition coefficient (Wildman–Crippen LogP) is 3.72. The van der Waals surface area contributed by atoms with Crippen LogP contribution in [-0.2, 0) is 5.41 Å². The van der Waals surface area contributed by atoms with Crippen LogP contribution in [0.25, 0.3) is 0 Å². The molecule has 0 unspecified atom stereocenters. The molecule has 0 heterocycles. The van der Waals surface area contributed by atoms with Gasteiger partial charge in [-0.2, -0.15) is 0 Å². The van der Waals surface area contributed by atoms with E-state index in [1.54, 1.807) is 12.1 Å². The third-order valence-electron chi connectivity index (χ3n) is 1.92. The van der Waals surface area contributed by atoms with Crippen LogP contribution in [0.4, 0.5) is 4.79 Å². The van der Waals surface area contributed by atoms with Crippen LogP contribution < -0.4 is 4.74 Å². The van der Waals surface area contributed by atoms with Crippen LogP contribution in [0, 0.1) is 0 Å². The second kappa shape index (κ2) is 4.01. The standard InChI is InChI=1S/C11H13ClO2/c1-11(2,3)8-4-6-9(7-5-8)14-10(12)13/h4-7H,1-3H3. The van der Waals surface area contributed by atoms with Crippen molar-refractivity contribution in [3.05, 3.63) is 29.8 Å². The van der Waals surface area contributed by atoms with Crippen molar-refractivity contribution in [3.63, 3.8) is 0 Å². The average molecular weight is 213 g/mol. The van der Waals surface area contributed by atoms with Gasteiger partial charge in [-0.1, -0.05) is 32.9 Å². The zero-order valence-electron chi connectivity index (χ0n) is 8.50. The van der Waals surface area contributed by atoms with Crippen LogP contribution in [0.15, 0.2) is 24.3 Å². The van der Waals surface area contributed by atoms with Gasteiger partial charge in [0.1, 0.15) is 5.75 Å². The Balaban J connectivity index is 2.84. The van der Waals surface area contributed by atoms with Gasteiger partial charge in [-0.15, -0.1) is 0 Å². The molecule has 0 spiro atoms. The summed E-state index contributed by atoms with van der Waals surface area (Å²) in [5, 5.41) is 0. The Morgan fingerprint density at radius 3 is 2.07 bits per heavy atom. The van der Waals surface area contributed by atoms with Gasteiger partial charge in [0, 0.05) is 11.6 Å². The third kappa shape index (κ3) is 3.04. The highest BCUT2D eigenvalue weighted by molar-refractivity contribution is 6.61. The summed E-state index contributed by atoms with van der Waals surface area (Å²) < 4.78 is 4.71. The number of benzene rings is 1. The largest absolute Gasteiger partial charge is 0.415 e. The molecule has 0 aliphatic carbocycles. The Bertz CT molecular complexity index is 322. The fourth-order valence-corrected chi connectivity index (χ4v) is 1.20. The van der Waals surface area contributed by atoms with Gasteiger partial charge in [0.2, 0.25) is 0 Å². The number of carbonyl (C=O) groups excluding carboxylic acids is 1. The number of hydrogen-bond acceptors (Lipinski definition) is 2. The lowest BCUT2D eigenvalue weighted by Crippen LogP contribution is -2.10. The molecular formula is C11H13ClO2. The van der Waals surface area contributed by atoms with Gasteiger partial charge in [-0.05, 0) is 23.1 Å². The molecule has 1 aromatic carbocycles. The van der Waals surface area contributed by atoms with E-state index in [9.17, 15) is 4.79 Å². The quantitative estimate of drug-likeness (QED) is 0.664. The van der Waals surface area contributed by atoms with E-state index in [4.69, 9.17) is 16.3 Å². The van der Waals surface area contributed by atoms with Crippen molar-refractivity contribution in [1.82, 2.24) is 0 Å². The molecule has 3 heteroatoms. The van der Waals surface area contributed by atoms with E-state index in [2.05, 4.69) is 20.8 Å². The van der Waals surface area contributed by atoms with Gasteiger partial charge in [0.25, 0.3) is 0 Å². The molecule has 0 bridgehead atoms. The van der Waals surface area contributed by atoms with Crippen LogP contribution in [0.2, 0.25) is 0 Å². The molecule has 0 aromatic heterocycles. The van der Waals surface area contributed by atoms with Crippen molar-refractivity contribution >= 4 is 17.0 Å². The molecule has 0 N–H and O–H groups in total. The van der Waals surface area contributed by atoms with Gasteiger partial charge in [-0.3, -0.25) is 0 Å². The molecular weight excluding hydrogens is 200 g/mol. The number of hydrogen-bond donors (Lipinski definition) is 0. The molecule has 2 nitrogen and oxygen atoms in total. The van der Waals surface area contributed by atoms with E-state index in [-0.39, 0.29) is 5.41 Å². The smallest absolute Gasteiger partial charge is 0.409 e. The maximum Gasteiger partial charge on any atom is 0.409 e. The summed E-state index contributed by atoms with van der Waals surface area (Å²) in [6.45, 7) is 6.36. The molecule has 0 fully saturated rings. The molecule has 0 saturated heterocycles. The highest BCUT2D eigenvalue weighted by atomic mass is 35.5. The minimum atomic E-state index is -0.812. The van der Waals surface area contributed by atoms with E-state index < -0.39 is 5.43 Å². The minimum Gasteiger partial charge on any atom is -0.415 e. The van der Waals surface area contributed by atoms with Crippen molar-refractivity contribution in [1.29, 1.82) is 0 Å². The molecule has 0 atom stereocenters. The topological polar surface area (TPSA) is 26.3 Å².